The fraction of sp³-hybridized carbons (Fsp3) is 0.353. The third kappa shape index (κ3) is 2.29. The van der Waals surface area contributed by atoms with Crippen molar-refractivity contribution in [3.05, 3.63) is 48.0 Å². The number of benzene rings is 2. The normalized spacial score (nSPS) is 17.7. The quantitative estimate of drug-likeness (QED) is 0.896. The number of nitrogens with one attached hydrogen (secondary N) is 1. The summed E-state index contributed by atoms with van der Waals surface area (Å²) in [6, 6.07) is 13.6. The van der Waals surface area contributed by atoms with E-state index in [0.29, 0.717) is 11.5 Å². The zero-order chi connectivity index (χ0) is 14.2. The summed E-state index contributed by atoms with van der Waals surface area (Å²) in [5, 5.41) is 14.6. The van der Waals surface area contributed by atoms with E-state index in [0.717, 1.165) is 23.6 Å². The smallest absolute Gasteiger partial charge is 0.252 e. The van der Waals surface area contributed by atoms with Gasteiger partial charge in [-0.3, -0.25) is 4.79 Å². The molecule has 1 saturated carbocycles. The summed E-state index contributed by atoms with van der Waals surface area (Å²) in [6.45, 7) is 1.90. The Bertz CT molecular complexity index is 643. The van der Waals surface area contributed by atoms with Gasteiger partial charge in [0.2, 0.25) is 0 Å². The lowest BCUT2D eigenvalue weighted by atomic mass is 9.95. The van der Waals surface area contributed by atoms with Crippen LogP contribution in [0.15, 0.2) is 42.5 Å². The van der Waals surface area contributed by atoms with Gasteiger partial charge in [-0.15, -0.1) is 0 Å². The molecule has 0 aliphatic heterocycles. The van der Waals surface area contributed by atoms with E-state index < -0.39 is 5.54 Å². The van der Waals surface area contributed by atoms with E-state index in [4.69, 9.17) is 0 Å². The average molecular weight is 269 g/mol. The van der Waals surface area contributed by atoms with Crippen LogP contribution >= 0.6 is 0 Å². The molecule has 104 valence electrons. The second-order valence-corrected chi connectivity index (χ2v) is 5.83. The van der Waals surface area contributed by atoms with Crippen molar-refractivity contribution in [1.82, 2.24) is 5.32 Å². The molecule has 0 bridgehead atoms. The summed E-state index contributed by atoms with van der Waals surface area (Å²) in [4.78, 5) is 12.5. The minimum atomic E-state index is -0.506. The molecule has 3 rings (SSSR count). The van der Waals surface area contributed by atoms with Gasteiger partial charge < -0.3 is 10.4 Å². The lowest BCUT2D eigenvalue weighted by Gasteiger charge is -2.29. The van der Waals surface area contributed by atoms with E-state index in [2.05, 4.69) is 5.32 Å². The second kappa shape index (κ2) is 4.91. The van der Waals surface area contributed by atoms with Crippen LogP contribution < -0.4 is 5.32 Å². The molecule has 0 heterocycles. The van der Waals surface area contributed by atoms with Crippen LogP contribution in [0, 0.1) is 5.92 Å². The van der Waals surface area contributed by atoms with Crippen molar-refractivity contribution in [3.63, 3.8) is 0 Å². The Kier molecular flexibility index (Phi) is 3.22. The SMILES string of the molecule is CC(CO)(NC(=O)c1cccc2ccccc12)C1CC1. The van der Waals surface area contributed by atoms with Gasteiger partial charge in [0.15, 0.2) is 0 Å². The Balaban J connectivity index is 1.93. The van der Waals surface area contributed by atoms with E-state index in [1.54, 1.807) is 0 Å². The first kappa shape index (κ1) is 13.1. The van der Waals surface area contributed by atoms with Gasteiger partial charge in [-0.1, -0.05) is 36.4 Å². The number of aliphatic hydroxyl groups excluding tert-OH is 1. The Labute approximate surface area is 118 Å². The van der Waals surface area contributed by atoms with E-state index in [1.807, 2.05) is 49.4 Å². The van der Waals surface area contributed by atoms with E-state index in [1.165, 1.54) is 0 Å². The highest BCUT2D eigenvalue weighted by molar-refractivity contribution is 6.07. The van der Waals surface area contributed by atoms with Crippen LogP contribution in [0.1, 0.15) is 30.1 Å². The van der Waals surface area contributed by atoms with Gasteiger partial charge in [0.05, 0.1) is 12.1 Å². The van der Waals surface area contributed by atoms with E-state index >= 15 is 0 Å². The summed E-state index contributed by atoms with van der Waals surface area (Å²) in [7, 11) is 0. The number of fused-ring (bicyclic) bond motifs is 1. The molecule has 1 aliphatic rings. The van der Waals surface area contributed by atoms with Crippen LogP contribution in [0.3, 0.4) is 0 Å². The maximum atomic E-state index is 12.5. The molecular formula is C17H19NO2. The van der Waals surface area contributed by atoms with E-state index in [-0.39, 0.29) is 12.5 Å². The van der Waals surface area contributed by atoms with Gasteiger partial charge in [-0.25, -0.2) is 0 Å². The molecular weight excluding hydrogens is 250 g/mol. The molecule has 2 aromatic carbocycles. The Morgan fingerprint density at radius 1 is 1.25 bits per heavy atom. The molecule has 1 amide bonds. The summed E-state index contributed by atoms with van der Waals surface area (Å²) in [6.07, 6.45) is 2.15. The highest BCUT2D eigenvalue weighted by Gasteiger charge is 2.42. The van der Waals surface area contributed by atoms with Gasteiger partial charge in [-0.2, -0.15) is 0 Å². The summed E-state index contributed by atoms with van der Waals surface area (Å²) in [5.41, 5.74) is 0.164. The van der Waals surface area contributed by atoms with Crippen molar-refractivity contribution in [3.8, 4) is 0 Å². The third-order valence-electron chi connectivity index (χ3n) is 4.24. The number of hydrogen-bond donors (Lipinski definition) is 2. The highest BCUT2D eigenvalue weighted by atomic mass is 16.3. The van der Waals surface area contributed by atoms with Gasteiger partial charge in [0.1, 0.15) is 0 Å². The molecule has 3 heteroatoms. The first-order valence-corrected chi connectivity index (χ1v) is 7.05. The van der Waals surface area contributed by atoms with Crippen LogP contribution in [0.4, 0.5) is 0 Å². The predicted molar refractivity (Wildman–Crippen MR) is 79.6 cm³/mol. The highest BCUT2D eigenvalue weighted by Crippen LogP contribution is 2.39. The molecule has 2 N–H and O–H groups in total. The van der Waals surface area contributed by atoms with Crippen LogP contribution in [-0.2, 0) is 0 Å². The summed E-state index contributed by atoms with van der Waals surface area (Å²) < 4.78 is 0. The molecule has 3 nitrogen and oxygen atoms in total. The van der Waals surface area contributed by atoms with Crippen LogP contribution in [-0.4, -0.2) is 23.2 Å². The third-order valence-corrected chi connectivity index (χ3v) is 4.24. The van der Waals surface area contributed by atoms with Gasteiger partial charge >= 0.3 is 0 Å². The first-order chi connectivity index (χ1) is 9.64. The topological polar surface area (TPSA) is 49.3 Å². The minimum Gasteiger partial charge on any atom is -0.394 e. The molecule has 2 aromatic rings. The van der Waals surface area contributed by atoms with Crippen LogP contribution in [0.25, 0.3) is 10.8 Å². The molecule has 1 unspecified atom stereocenters. The molecule has 1 atom stereocenters. The lowest BCUT2D eigenvalue weighted by Crippen LogP contribution is -2.50. The maximum Gasteiger partial charge on any atom is 0.252 e. The number of rotatable bonds is 4. The zero-order valence-electron chi connectivity index (χ0n) is 11.6. The zero-order valence-corrected chi connectivity index (χ0v) is 11.6. The number of carbonyl (C=O) groups excluding carboxylic acids is 1. The van der Waals surface area contributed by atoms with Crippen molar-refractivity contribution < 1.29 is 9.90 Å². The minimum absolute atomic E-state index is 0.0197. The number of carbonyl (C=O) groups is 1. The Morgan fingerprint density at radius 2 is 1.95 bits per heavy atom. The van der Waals surface area contributed by atoms with Gasteiger partial charge in [0.25, 0.3) is 5.91 Å². The summed E-state index contributed by atoms with van der Waals surface area (Å²) in [5.74, 6) is 0.289. The largest absolute Gasteiger partial charge is 0.394 e. The molecule has 1 aliphatic carbocycles. The fourth-order valence-electron chi connectivity index (χ4n) is 2.74. The monoisotopic (exact) mass is 269 g/mol. The van der Waals surface area contributed by atoms with Crippen LogP contribution in [0.2, 0.25) is 0 Å². The molecule has 0 radical (unpaired) electrons. The predicted octanol–water partition coefficient (Wildman–Crippen LogP) is 2.73. The number of amides is 1. The molecule has 0 saturated heterocycles. The molecule has 0 spiro atoms. The fourth-order valence-corrected chi connectivity index (χ4v) is 2.74. The number of aliphatic hydroxyl groups is 1. The Hall–Kier alpha value is -1.87. The number of hydrogen-bond acceptors (Lipinski definition) is 2. The second-order valence-electron chi connectivity index (χ2n) is 5.83. The van der Waals surface area contributed by atoms with Crippen molar-refractivity contribution in [2.45, 2.75) is 25.3 Å². The first-order valence-electron chi connectivity index (χ1n) is 7.05. The molecule has 0 aromatic heterocycles. The van der Waals surface area contributed by atoms with Crippen molar-refractivity contribution in [1.29, 1.82) is 0 Å². The van der Waals surface area contributed by atoms with E-state index in [9.17, 15) is 9.90 Å². The molecule has 20 heavy (non-hydrogen) atoms. The van der Waals surface area contributed by atoms with Gasteiger partial charge in [0, 0.05) is 5.56 Å². The molecule has 1 fully saturated rings. The average Bonchev–Trinajstić information content (AvgIpc) is 3.31. The van der Waals surface area contributed by atoms with Gasteiger partial charge in [-0.05, 0) is 42.5 Å². The van der Waals surface area contributed by atoms with Crippen molar-refractivity contribution in [2.75, 3.05) is 6.61 Å². The van der Waals surface area contributed by atoms with Crippen LogP contribution in [0.5, 0.6) is 0 Å². The maximum absolute atomic E-state index is 12.5. The standard InChI is InChI=1S/C17H19NO2/c1-17(11-19,13-9-10-13)18-16(20)15-8-4-6-12-5-2-3-7-14(12)15/h2-8,13,19H,9-11H2,1H3,(H,18,20). The Morgan fingerprint density at radius 3 is 2.65 bits per heavy atom. The lowest BCUT2D eigenvalue weighted by molar-refractivity contribution is 0.0826. The summed E-state index contributed by atoms with van der Waals surface area (Å²) >= 11 is 0. The van der Waals surface area contributed by atoms with Crippen molar-refractivity contribution in [2.24, 2.45) is 5.92 Å². The van der Waals surface area contributed by atoms with Crippen molar-refractivity contribution >= 4 is 16.7 Å².